The summed E-state index contributed by atoms with van der Waals surface area (Å²) in [6, 6.07) is 5.91. The summed E-state index contributed by atoms with van der Waals surface area (Å²) in [6.45, 7) is 10.5. The van der Waals surface area contributed by atoms with E-state index in [0.29, 0.717) is 23.5 Å². The Morgan fingerprint density at radius 1 is 1.17 bits per heavy atom. The van der Waals surface area contributed by atoms with Crippen molar-refractivity contribution < 1.29 is 0 Å². The number of H-pyrrole nitrogens is 1. The van der Waals surface area contributed by atoms with Crippen LogP contribution in [-0.2, 0) is 12.1 Å². The highest BCUT2D eigenvalue weighted by Crippen LogP contribution is 2.19. The van der Waals surface area contributed by atoms with Crippen molar-refractivity contribution in [3.8, 4) is 5.82 Å². The van der Waals surface area contributed by atoms with Gasteiger partial charge in [0.05, 0.1) is 17.4 Å². The molecule has 150 valence electrons. The van der Waals surface area contributed by atoms with Crippen LogP contribution in [0.5, 0.6) is 0 Å². The molecule has 4 rings (SSSR count). The van der Waals surface area contributed by atoms with Gasteiger partial charge in [-0.25, -0.2) is 14.3 Å². The molecule has 2 N–H and O–H groups in total. The molecule has 9 nitrogen and oxygen atoms in total. The molecule has 0 fully saturated rings. The van der Waals surface area contributed by atoms with Crippen molar-refractivity contribution >= 4 is 17.0 Å². The number of pyridine rings is 1. The number of rotatable bonds is 4. The highest BCUT2D eigenvalue weighted by molar-refractivity contribution is 5.74. The Morgan fingerprint density at radius 3 is 2.59 bits per heavy atom. The standard InChI is InChI=1S/C20H24N8O/c1-12-8-13(2)27(26-12)16-7-6-14(9-21-16)10-22-19-24-17-15(18(29)25-19)11-23-28(17)20(3,4)5/h6-9,11H,10H2,1-5H3,(H2,22,24,25,29). The van der Waals surface area contributed by atoms with Crippen LogP contribution in [0.3, 0.4) is 0 Å². The summed E-state index contributed by atoms with van der Waals surface area (Å²) >= 11 is 0. The lowest BCUT2D eigenvalue weighted by Crippen LogP contribution is -2.24. The molecule has 4 aromatic rings. The summed E-state index contributed by atoms with van der Waals surface area (Å²) in [4.78, 5) is 24.2. The van der Waals surface area contributed by atoms with E-state index < -0.39 is 0 Å². The van der Waals surface area contributed by atoms with Gasteiger partial charge in [0.1, 0.15) is 5.39 Å². The van der Waals surface area contributed by atoms with E-state index in [4.69, 9.17) is 0 Å². The van der Waals surface area contributed by atoms with Crippen molar-refractivity contribution in [3.05, 3.63) is 57.9 Å². The van der Waals surface area contributed by atoms with Gasteiger partial charge in [-0.2, -0.15) is 15.2 Å². The minimum atomic E-state index is -0.275. The molecule has 0 bridgehead atoms. The minimum absolute atomic E-state index is 0.217. The highest BCUT2D eigenvalue weighted by Gasteiger charge is 2.19. The summed E-state index contributed by atoms with van der Waals surface area (Å²) in [6.07, 6.45) is 3.34. The second-order valence-electron chi connectivity index (χ2n) is 8.10. The maximum absolute atomic E-state index is 12.4. The molecule has 0 aliphatic rings. The van der Waals surface area contributed by atoms with E-state index in [9.17, 15) is 4.79 Å². The Labute approximate surface area is 167 Å². The van der Waals surface area contributed by atoms with Crippen molar-refractivity contribution in [2.75, 3.05) is 5.32 Å². The molecule has 4 aromatic heterocycles. The molecule has 0 amide bonds. The molecule has 0 saturated heterocycles. The van der Waals surface area contributed by atoms with Crippen LogP contribution >= 0.6 is 0 Å². The molecule has 0 spiro atoms. The third-order valence-corrected chi connectivity index (χ3v) is 4.57. The number of aryl methyl sites for hydroxylation is 2. The topological polar surface area (TPSA) is 106 Å². The first-order valence-corrected chi connectivity index (χ1v) is 9.43. The number of fused-ring (bicyclic) bond motifs is 1. The Hall–Kier alpha value is -3.49. The number of aromatic amines is 1. The number of aromatic nitrogens is 7. The van der Waals surface area contributed by atoms with Gasteiger partial charge in [0, 0.05) is 18.4 Å². The summed E-state index contributed by atoms with van der Waals surface area (Å²) in [5, 5.41) is 12.4. The number of nitrogens with one attached hydrogen (secondary N) is 2. The smallest absolute Gasteiger partial charge is 0.263 e. The van der Waals surface area contributed by atoms with Crippen molar-refractivity contribution in [1.82, 2.24) is 34.5 Å². The zero-order valence-corrected chi connectivity index (χ0v) is 17.2. The first-order chi connectivity index (χ1) is 13.7. The lowest BCUT2D eigenvalue weighted by Gasteiger charge is -2.19. The quantitative estimate of drug-likeness (QED) is 0.553. The molecule has 0 aliphatic heterocycles. The molecule has 4 heterocycles. The Morgan fingerprint density at radius 2 is 1.97 bits per heavy atom. The molecular formula is C20H24N8O. The summed E-state index contributed by atoms with van der Waals surface area (Å²) in [5.41, 5.74) is 3.01. The van der Waals surface area contributed by atoms with E-state index >= 15 is 0 Å². The van der Waals surface area contributed by atoms with Crippen molar-refractivity contribution in [2.45, 2.75) is 46.7 Å². The third kappa shape index (κ3) is 3.63. The molecule has 0 aromatic carbocycles. The van der Waals surface area contributed by atoms with E-state index in [1.165, 1.54) is 0 Å². The maximum Gasteiger partial charge on any atom is 0.263 e. The van der Waals surface area contributed by atoms with Crippen molar-refractivity contribution in [2.24, 2.45) is 0 Å². The first-order valence-electron chi connectivity index (χ1n) is 9.43. The Balaban J connectivity index is 1.55. The van der Waals surface area contributed by atoms with E-state index in [-0.39, 0.29) is 11.1 Å². The second kappa shape index (κ2) is 6.84. The van der Waals surface area contributed by atoms with Crippen LogP contribution in [0.15, 0.2) is 35.4 Å². The van der Waals surface area contributed by atoms with Crippen LogP contribution < -0.4 is 10.9 Å². The fourth-order valence-electron chi connectivity index (χ4n) is 3.19. The van der Waals surface area contributed by atoms with Gasteiger partial charge in [-0.05, 0) is 52.3 Å². The largest absolute Gasteiger partial charge is 0.352 e. The van der Waals surface area contributed by atoms with Gasteiger partial charge in [-0.15, -0.1) is 0 Å². The van der Waals surface area contributed by atoms with E-state index in [1.54, 1.807) is 17.1 Å². The van der Waals surface area contributed by atoms with Gasteiger partial charge >= 0.3 is 0 Å². The molecule has 9 heteroatoms. The van der Waals surface area contributed by atoms with E-state index in [0.717, 1.165) is 22.8 Å². The van der Waals surface area contributed by atoms with Gasteiger partial charge in [-0.3, -0.25) is 9.78 Å². The van der Waals surface area contributed by atoms with Crippen molar-refractivity contribution in [3.63, 3.8) is 0 Å². The highest BCUT2D eigenvalue weighted by atomic mass is 16.1. The zero-order chi connectivity index (χ0) is 20.8. The van der Waals surface area contributed by atoms with Crippen LogP contribution in [0.2, 0.25) is 0 Å². The van der Waals surface area contributed by atoms with Crippen LogP contribution in [0.4, 0.5) is 5.95 Å². The van der Waals surface area contributed by atoms with Crippen LogP contribution in [0.25, 0.3) is 16.9 Å². The van der Waals surface area contributed by atoms with Crippen LogP contribution in [0, 0.1) is 13.8 Å². The monoisotopic (exact) mass is 392 g/mol. The summed E-state index contributed by atoms with van der Waals surface area (Å²) in [5.74, 6) is 1.16. The lowest BCUT2D eigenvalue weighted by atomic mass is 10.1. The molecule has 0 radical (unpaired) electrons. The Kier molecular flexibility index (Phi) is 4.45. The predicted octanol–water partition coefficient (Wildman–Crippen LogP) is 2.68. The first kappa shape index (κ1) is 18.9. The average molecular weight is 392 g/mol. The lowest BCUT2D eigenvalue weighted by molar-refractivity contribution is 0.366. The van der Waals surface area contributed by atoms with Gasteiger partial charge in [0.15, 0.2) is 11.5 Å². The summed E-state index contributed by atoms with van der Waals surface area (Å²) < 4.78 is 3.57. The molecule has 0 atom stereocenters. The molecular weight excluding hydrogens is 368 g/mol. The molecule has 0 saturated carbocycles. The number of hydrogen-bond donors (Lipinski definition) is 2. The minimum Gasteiger partial charge on any atom is -0.352 e. The van der Waals surface area contributed by atoms with Crippen molar-refractivity contribution in [1.29, 1.82) is 0 Å². The molecule has 0 unspecified atom stereocenters. The summed E-state index contributed by atoms with van der Waals surface area (Å²) in [7, 11) is 0. The fraction of sp³-hybridized carbons (Fsp3) is 0.350. The number of hydrogen-bond acceptors (Lipinski definition) is 6. The predicted molar refractivity (Wildman–Crippen MR) is 111 cm³/mol. The van der Waals surface area contributed by atoms with Crippen LogP contribution in [-0.4, -0.2) is 34.5 Å². The SMILES string of the molecule is Cc1cc(C)n(-c2ccc(CNc3nc4c(cnn4C(C)(C)C)c(=O)[nH]3)cn2)n1. The normalized spacial score (nSPS) is 11.9. The van der Waals surface area contributed by atoms with Gasteiger partial charge in [0.25, 0.3) is 5.56 Å². The maximum atomic E-state index is 12.4. The van der Waals surface area contributed by atoms with Gasteiger partial charge in [0.2, 0.25) is 5.95 Å². The molecule has 29 heavy (non-hydrogen) atoms. The fourth-order valence-corrected chi connectivity index (χ4v) is 3.19. The van der Waals surface area contributed by atoms with Gasteiger partial charge in [-0.1, -0.05) is 6.07 Å². The molecule has 0 aliphatic carbocycles. The second-order valence-corrected chi connectivity index (χ2v) is 8.10. The van der Waals surface area contributed by atoms with E-state index in [1.807, 2.05) is 57.5 Å². The Bertz CT molecular complexity index is 1220. The number of anilines is 1. The zero-order valence-electron chi connectivity index (χ0n) is 17.2. The van der Waals surface area contributed by atoms with Gasteiger partial charge < -0.3 is 5.32 Å². The van der Waals surface area contributed by atoms with E-state index in [2.05, 4.69) is 30.5 Å². The third-order valence-electron chi connectivity index (χ3n) is 4.57. The number of nitrogens with zero attached hydrogens (tertiary/aromatic N) is 6. The average Bonchev–Trinajstić information content (AvgIpc) is 3.23. The van der Waals surface area contributed by atoms with Crippen LogP contribution in [0.1, 0.15) is 37.7 Å².